The molecule has 1 aliphatic rings. The molecule has 1 aromatic rings. The van der Waals surface area contributed by atoms with Crippen LogP contribution in [0.3, 0.4) is 0 Å². The summed E-state index contributed by atoms with van der Waals surface area (Å²) in [7, 11) is 0. The lowest BCUT2D eigenvalue weighted by Gasteiger charge is -2.27. The molecule has 1 aliphatic carbocycles. The van der Waals surface area contributed by atoms with Gasteiger partial charge in [0.1, 0.15) is 0 Å². The van der Waals surface area contributed by atoms with Crippen LogP contribution >= 0.6 is 11.6 Å². The van der Waals surface area contributed by atoms with Crippen molar-refractivity contribution in [2.24, 2.45) is 5.73 Å². The van der Waals surface area contributed by atoms with Crippen LogP contribution in [0.1, 0.15) is 31.2 Å². The molecule has 1 fully saturated rings. The summed E-state index contributed by atoms with van der Waals surface area (Å²) in [4.78, 5) is 0. The van der Waals surface area contributed by atoms with Gasteiger partial charge in [-0.3, -0.25) is 0 Å². The van der Waals surface area contributed by atoms with Gasteiger partial charge in [-0.2, -0.15) is 0 Å². The van der Waals surface area contributed by atoms with E-state index in [2.05, 4.69) is 0 Å². The van der Waals surface area contributed by atoms with Crippen molar-refractivity contribution in [1.29, 1.82) is 0 Å². The number of benzene rings is 1. The zero-order chi connectivity index (χ0) is 11.4. The van der Waals surface area contributed by atoms with Gasteiger partial charge < -0.3 is 10.5 Å². The summed E-state index contributed by atoms with van der Waals surface area (Å²) in [6, 6.07) is 7.80. The highest BCUT2D eigenvalue weighted by molar-refractivity contribution is 6.30. The Morgan fingerprint density at radius 3 is 2.69 bits per heavy atom. The lowest BCUT2D eigenvalue weighted by molar-refractivity contribution is -0.0448. The van der Waals surface area contributed by atoms with Crippen LogP contribution in [0.5, 0.6) is 0 Å². The number of ether oxygens (including phenoxy) is 1. The number of nitrogens with two attached hydrogens (primary N) is 1. The van der Waals surface area contributed by atoms with Gasteiger partial charge in [-0.25, -0.2) is 0 Å². The van der Waals surface area contributed by atoms with E-state index in [1.807, 2.05) is 24.3 Å². The monoisotopic (exact) mass is 239 g/mol. The van der Waals surface area contributed by atoms with Crippen LogP contribution in [0.2, 0.25) is 5.02 Å². The lowest BCUT2D eigenvalue weighted by atomic mass is 10.0. The van der Waals surface area contributed by atoms with Gasteiger partial charge in [0.05, 0.1) is 12.2 Å². The van der Waals surface area contributed by atoms with Crippen molar-refractivity contribution in [3.8, 4) is 0 Å². The highest BCUT2D eigenvalue weighted by Crippen LogP contribution is 2.33. The first-order chi connectivity index (χ1) is 7.74. The third-order valence-electron chi connectivity index (χ3n) is 3.32. The Bertz CT molecular complexity index is 348. The minimum absolute atomic E-state index is 0.0810. The second kappa shape index (κ2) is 5.17. The fraction of sp³-hybridized carbons (Fsp3) is 0.538. The average Bonchev–Trinajstić information content (AvgIpc) is 2.76. The maximum atomic E-state index is 6.00. The largest absolute Gasteiger partial charge is 0.369 e. The Balaban J connectivity index is 1.95. The fourth-order valence-corrected chi connectivity index (χ4v) is 2.50. The van der Waals surface area contributed by atoms with E-state index in [1.165, 1.54) is 12.8 Å². The van der Waals surface area contributed by atoms with Gasteiger partial charge in [0.2, 0.25) is 0 Å². The number of rotatable bonds is 4. The van der Waals surface area contributed by atoms with E-state index < -0.39 is 0 Å². The van der Waals surface area contributed by atoms with Gasteiger partial charge in [-0.1, -0.05) is 36.6 Å². The Morgan fingerprint density at radius 2 is 2.06 bits per heavy atom. The number of hydrogen-bond acceptors (Lipinski definition) is 2. The van der Waals surface area contributed by atoms with Crippen molar-refractivity contribution < 1.29 is 4.74 Å². The summed E-state index contributed by atoms with van der Waals surface area (Å²) in [5.74, 6) is 0. The van der Waals surface area contributed by atoms with E-state index in [0.29, 0.717) is 13.2 Å². The average molecular weight is 240 g/mol. The Labute approximate surface area is 102 Å². The van der Waals surface area contributed by atoms with Crippen molar-refractivity contribution in [2.75, 3.05) is 6.54 Å². The molecule has 2 rings (SSSR count). The Kier molecular flexibility index (Phi) is 3.85. The molecule has 3 heteroatoms. The molecule has 2 nitrogen and oxygen atoms in total. The van der Waals surface area contributed by atoms with Crippen LogP contribution in [0.4, 0.5) is 0 Å². The maximum absolute atomic E-state index is 6.00. The Hall–Kier alpha value is -0.570. The molecule has 0 radical (unpaired) electrons. The highest BCUT2D eigenvalue weighted by Gasteiger charge is 2.33. The molecule has 16 heavy (non-hydrogen) atoms. The first kappa shape index (κ1) is 11.9. The van der Waals surface area contributed by atoms with Gasteiger partial charge in [-0.15, -0.1) is 0 Å². The first-order valence-corrected chi connectivity index (χ1v) is 6.20. The molecule has 0 saturated heterocycles. The molecule has 0 spiro atoms. The molecule has 0 unspecified atom stereocenters. The molecule has 0 bridgehead atoms. The standard InChI is InChI=1S/C13H18ClNO/c14-12-5-3-4-11(8-12)9-16-13(10-15)6-1-2-7-13/h3-5,8H,1-2,6-7,9-10,15H2. The molecule has 0 aromatic heterocycles. The Morgan fingerprint density at radius 1 is 1.31 bits per heavy atom. The summed E-state index contributed by atoms with van der Waals surface area (Å²) in [6.07, 6.45) is 4.63. The third-order valence-corrected chi connectivity index (χ3v) is 3.56. The number of hydrogen-bond donors (Lipinski definition) is 1. The number of halogens is 1. The quantitative estimate of drug-likeness (QED) is 0.876. The fourth-order valence-electron chi connectivity index (χ4n) is 2.29. The molecule has 88 valence electrons. The smallest absolute Gasteiger partial charge is 0.0808 e. The van der Waals surface area contributed by atoms with E-state index in [9.17, 15) is 0 Å². The third kappa shape index (κ3) is 2.76. The predicted octanol–water partition coefficient (Wildman–Crippen LogP) is 3.13. The van der Waals surface area contributed by atoms with Crippen LogP contribution in [0, 0.1) is 0 Å². The zero-order valence-electron chi connectivity index (χ0n) is 9.42. The highest BCUT2D eigenvalue weighted by atomic mass is 35.5. The molecule has 1 aromatic carbocycles. The van der Waals surface area contributed by atoms with Gasteiger partial charge in [0.15, 0.2) is 0 Å². The molecule has 1 saturated carbocycles. The summed E-state index contributed by atoms with van der Waals surface area (Å²) < 4.78 is 6.00. The topological polar surface area (TPSA) is 35.2 Å². The van der Waals surface area contributed by atoms with E-state index in [0.717, 1.165) is 23.4 Å². The van der Waals surface area contributed by atoms with E-state index in [-0.39, 0.29) is 5.60 Å². The van der Waals surface area contributed by atoms with E-state index in [1.54, 1.807) is 0 Å². The van der Waals surface area contributed by atoms with E-state index in [4.69, 9.17) is 22.1 Å². The summed E-state index contributed by atoms with van der Waals surface area (Å²) in [6.45, 7) is 1.23. The molecule has 0 amide bonds. The van der Waals surface area contributed by atoms with Crippen LogP contribution in [0.15, 0.2) is 24.3 Å². The molecule has 0 aliphatic heterocycles. The van der Waals surface area contributed by atoms with Crippen molar-refractivity contribution in [2.45, 2.75) is 37.9 Å². The van der Waals surface area contributed by atoms with Gasteiger partial charge in [0.25, 0.3) is 0 Å². The normalized spacial score (nSPS) is 18.9. The van der Waals surface area contributed by atoms with Crippen molar-refractivity contribution in [1.82, 2.24) is 0 Å². The first-order valence-electron chi connectivity index (χ1n) is 5.83. The zero-order valence-corrected chi connectivity index (χ0v) is 10.2. The van der Waals surface area contributed by atoms with Crippen molar-refractivity contribution in [3.05, 3.63) is 34.9 Å². The second-order valence-electron chi connectivity index (χ2n) is 4.51. The SMILES string of the molecule is NCC1(OCc2cccc(Cl)c2)CCCC1. The van der Waals surface area contributed by atoms with Gasteiger partial charge >= 0.3 is 0 Å². The lowest BCUT2D eigenvalue weighted by Crippen LogP contribution is -2.37. The van der Waals surface area contributed by atoms with Gasteiger partial charge in [0, 0.05) is 11.6 Å². The minimum atomic E-state index is -0.0810. The summed E-state index contributed by atoms with van der Waals surface area (Å²) in [5, 5.41) is 0.759. The maximum Gasteiger partial charge on any atom is 0.0808 e. The molecule has 0 heterocycles. The van der Waals surface area contributed by atoms with Crippen molar-refractivity contribution in [3.63, 3.8) is 0 Å². The minimum Gasteiger partial charge on any atom is -0.369 e. The molecular weight excluding hydrogens is 222 g/mol. The van der Waals surface area contributed by atoms with Crippen LogP contribution in [-0.2, 0) is 11.3 Å². The second-order valence-corrected chi connectivity index (χ2v) is 4.95. The molecule has 0 atom stereocenters. The van der Waals surface area contributed by atoms with Crippen LogP contribution in [-0.4, -0.2) is 12.1 Å². The van der Waals surface area contributed by atoms with Crippen LogP contribution < -0.4 is 5.73 Å². The predicted molar refractivity (Wildman–Crippen MR) is 66.5 cm³/mol. The van der Waals surface area contributed by atoms with E-state index >= 15 is 0 Å². The molecular formula is C13H18ClNO. The van der Waals surface area contributed by atoms with Gasteiger partial charge in [-0.05, 0) is 30.5 Å². The van der Waals surface area contributed by atoms with Crippen molar-refractivity contribution >= 4 is 11.6 Å². The molecule has 2 N–H and O–H groups in total. The summed E-state index contributed by atoms with van der Waals surface area (Å²) in [5.41, 5.74) is 6.85. The van der Waals surface area contributed by atoms with Crippen LogP contribution in [0.25, 0.3) is 0 Å². The summed E-state index contributed by atoms with van der Waals surface area (Å²) >= 11 is 5.93.